The molecule has 5 heteroatoms. The van der Waals surface area contributed by atoms with Crippen molar-refractivity contribution in [2.75, 3.05) is 13.1 Å². The molecule has 0 aromatic carbocycles. The van der Waals surface area contributed by atoms with Crippen LogP contribution in [-0.2, 0) is 10.2 Å². The fraction of sp³-hybridized carbons (Fsp3) is 0.571. The van der Waals surface area contributed by atoms with Crippen LogP contribution in [-0.4, -0.2) is 28.9 Å². The molecule has 1 unspecified atom stereocenters. The van der Waals surface area contributed by atoms with E-state index in [0.29, 0.717) is 18.7 Å². The molecule has 19 heavy (non-hydrogen) atoms. The number of amides is 1. The SMILES string of the molecule is CC(=O)N1CC[C@](C)(c2cc(Br)cnc2F)C(C)C1. The van der Waals surface area contributed by atoms with E-state index in [4.69, 9.17) is 0 Å². The largest absolute Gasteiger partial charge is 0.343 e. The quantitative estimate of drug-likeness (QED) is 0.742. The van der Waals surface area contributed by atoms with E-state index < -0.39 is 5.95 Å². The lowest BCUT2D eigenvalue weighted by molar-refractivity contribution is -0.131. The Labute approximate surface area is 121 Å². The molecular weight excluding hydrogens is 311 g/mol. The average molecular weight is 329 g/mol. The molecular formula is C14H18BrFN2O. The molecule has 1 aliphatic heterocycles. The number of likely N-dealkylation sites (tertiary alicyclic amines) is 1. The minimum atomic E-state index is -0.408. The van der Waals surface area contributed by atoms with Crippen LogP contribution in [0.4, 0.5) is 4.39 Å². The Hall–Kier alpha value is -0.970. The highest BCUT2D eigenvalue weighted by atomic mass is 79.9. The second-order valence-corrected chi connectivity index (χ2v) is 6.44. The number of carbonyl (C=O) groups is 1. The summed E-state index contributed by atoms with van der Waals surface area (Å²) in [5.74, 6) is -0.133. The summed E-state index contributed by atoms with van der Waals surface area (Å²) >= 11 is 3.35. The maximum atomic E-state index is 14.0. The Bertz CT molecular complexity index is 508. The molecule has 3 nitrogen and oxygen atoms in total. The van der Waals surface area contributed by atoms with Crippen molar-refractivity contribution in [2.45, 2.75) is 32.6 Å². The molecule has 0 bridgehead atoms. The third kappa shape index (κ3) is 2.66. The zero-order valence-electron chi connectivity index (χ0n) is 11.4. The van der Waals surface area contributed by atoms with E-state index >= 15 is 0 Å². The van der Waals surface area contributed by atoms with Gasteiger partial charge >= 0.3 is 0 Å². The molecule has 1 fully saturated rings. The number of carbonyl (C=O) groups excluding carboxylic acids is 1. The van der Waals surface area contributed by atoms with Crippen LogP contribution >= 0.6 is 15.9 Å². The van der Waals surface area contributed by atoms with Gasteiger partial charge in [0.25, 0.3) is 0 Å². The molecule has 0 saturated carbocycles. The lowest BCUT2D eigenvalue weighted by Gasteiger charge is -2.44. The molecule has 0 N–H and O–H groups in total. The van der Waals surface area contributed by atoms with Gasteiger partial charge in [0.1, 0.15) is 0 Å². The minimum absolute atomic E-state index is 0.0849. The Morgan fingerprint density at radius 2 is 2.32 bits per heavy atom. The Morgan fingerprint density at radius 1 is 1.63 bits per heavy atom. The lowest BCUT2D eigenvalue weighted by Crippen LogP contribution is -2.49. The van der Waals surface area contributed by atoms with Crippen molar-refractivity contribution in [2.24, 2.45) is 5.92 Å². The standard InChI is InChI=1S/C14H18BrFN2O/c1-9-8-18(10(2)19)5-4-14(9,3)12-6-11(15)7-17-13(12)16/h6-7,9H,4-5,8H2,1-3H3/t9?,14-/m0/s1. The van der Waals surface area contributed by atoms with E-state index in [1.165, 1.54) is 6.20 Å². The third-order valence-corrected chi connectivity index (χ3v) is 4.78. The van der Waals surface area contributed by atoms with Crippen molar-refractivity contribution in [1.29, 1.82) is 0 Å². The molecule has 0 radical (unpaired) electrons. The summed E-state index contributed by atoms with van der Waals surface area (Å²) in [5, 5.41) is 0. The average Bonchev–Trinajstić information content (AvgIpc) is 2.35. The van der Waals surface area contributed by atoms with Gasteiger partial charge in [-0.15, -0.1) is 0 Å². The number of hydrogen-bond acceptors (Lipinski definition) is 2. The van der Waals surface area contributed by atoms with E-state index in [1.54, 1.807) is 6.92 Å². The van der Waals surface area contributed by atoms with Crippen molar-refractivity contribution in [3.8, 4) is 0 Å². The summed E-state index contributed by atoms with van der Waals surface area (Å²) in [6, 6.07) is 1.81. The molecule has 2 rings (SSSR count). The molecule has 2 heterocycles. The van der Waals surface area contributed by atoms with Crippen LogP contribution in [0.1, 0.15) is 32.8 Å². The Kier molecular flexibility index (Phi) is 3.95. The van der Waals surface area contributed by atoms with Crippen LogP contribution < -0.4 is 0 Å². The number of nitrogens with zero attached hydrogens (tertiary/aromatic N) is 2. The van der Waals surface area contributed by atoms with Crippen LogP contribution in [0.2, 0.25) is 0 Å². The van der Waals surface area contributed by atoms with Crippen LogP contribution in [0.5, 0.6) is 0 Å². The van der Waals surface area contributed by atoms with Crippen molar-refractivity contribution in [1.82, 2.24) is 9.88 Å². The maximum Gasteiger partial charge on any atom is 0.219 e. The first kappa shape index (κ1) is 14.4. The van der Waals surface area contributed by atoms with Gasteiger partial charge in [0.05, 0.1) is 0 Å². The molecule has 104 valence electrons. The van der Waals surface area contributed by atoms with E-state index in [1.807, 2.05) is 11.0 Å². The molecule has 0 aliphatic carbocycles. The summed E-state index contributed by atoms with van der Waals surface area (Å²) < 4.78 is 14.8. The molecule has 1 aromatic rings. The maximum absolute atomic E-state index is 14.0. The normalized spacial score (nSPS) is 27.4. The smallest absolute Gasteiger partial charge is 0.219 e. The monoisotopic (exact) mass is 328 g/mol. The van der Waals surface area contributed by atoms with Crippen molar-refractivity contribution in [3.63, 3.8) is 0 Å². The summed E-state index contributed by atoms with van der Waals surface area (Å²) in [4.78, 5) is 17.1. The topological polar surface area (TPSA) is 33.2 Å². The van der Waals surface area contributed by atoms with Crippen LogP contribution in [0, 0.1) is 11.9 Å². The van der Waals surface area contributed by atoms with E-state index in [0.717, 1.165) is 10.9 Å². The highest BCUT2D eigenvalue weighted by Crippen LogP contribution is 2.40. The van der Waals surface area contributed by atoms with Gasteiger partial charge in [-0.1, -0.05) is 13.8 Å². The van der Waals surface area contributed by atoms with Crippen LogP contribution in [0.25, 0.3) is 0 Å². The number of rotatable bonds is 1. The van der Waals surface area contributed by atoms with Crippen LogP contribution in [0.15, 0.2) is 16.7 Å². The molecule has 1 aromatic heterocycles. The van der Waals surface area contributed by atoms with Crippen molar-refractivity contribution in [3.05, 3.63) is 28.2 Å². The van der Waals surface area contributed by atoms with Crippen LogP contribution in [0.3, 0.4) is 0 Å². The van der Waals surface area contributed by atoms with E-state index in [-0.39, 0.29) is 17.2 Å². The first-order valence-corrected chi connectivity index (χ1v) is 7.21. The van der Waals surface area contributed by atoms with Gasteiger partial charge in [-0.2, -0.15) is 4.39 Å². The number of aromatic nitrogens is 1. The fourth-order valence-corrected chi connectivity index (χ4v) is 3.08. The molecule has 1 amide bonds. The highest BCUT2D eigenvalue weighted by molar-refractivity contribution is 9.10. The lowest BCUT2D eigenvalue weighted by atomic mass is 9.68. The first-order valence-electron chi connectivity index (χ1n) is 6.41. The van der Waals surface area contributed by atoms with Gasteiger partial charge in [-0.05, 0) is 34.3 Å². The first-order chi connectivity index (χ1) is 8.84. The zero-order valence-corrected chi connectivity index (χ0v) is 13.0. The predicted octanol–water partition coefficient (Wildman–Crippen LogP) is 3.13. The predicted molar refractivity (Wildman–Crippen MR) is 75.3 cm³/mol. The summed E-state index contributed by atoms with van der Waals surface area (Å²) in [6.45, 7) is 7.04. The molecule has 2 atom stereocenters. The molecule has 0 spiro atoms. The minimum Gasteiger partial charge on any atom is -0.343 e. The van der Waals surface area contributed by atoms with Gasteiger partial charge in [0.15, 0.2) is 0 Å². The van der Waals surface area contributed by atoms with Crippen molar-refractivity contribution < 1.29 is 9.18 Å². The second kappa shape index (κ2) is 5.19. The number of hydrogen-bond donors (Lipinski definition) is 0. The van der Waals surface area contributed by atoms with Gasteiger partial charge < -0.3 is 4.90 Å². The number of piperidine rings is 1. The summed E-state index contributed by atoms with van der Waals surface area (Å²) in [7, 11) is 0. The summed E-state index contributed by atoms with van der Waals surface area (Å²) in [5.41, 5.74) is 0.352. The zero-order chi connectivity index (χ0) is 14.2. The highest BCUT2D eigenvalue weighted by Gasteiger charge is 2.40. The third-order valence-electron chi connectivity index (χ3n) is 4.35. The van der Waals surface area contributed by atoms with Gasteiger partial charge in [0.2, 0.25) is 11.9 Å². The van der Waals surface area contributed by atoms with E-state index in [9.17, 15) is 9.18 Å². The fourth-order valence-electron chi connectivity index (χ4n) is 2.75. The Balaban J connectivity index is 2.33. The van der Waals surface area contributed by atoms with Gasteiger partial charge in [-0.25, -0.2) is 4.98 Å². The van der Waals surface area contributed by atoms with Gasteiger partial charge in [0, 0.05) is 41.7 Å². The Morgan fingerprint density at radius 3 is 2.89 bits per heavy atom. The molecule has 1 aliphatic rings. The van der Waals surface area contributed by atoms with Crippen molar-refractivity contribution >= 4 is 21.8 Å². The molecule has 1 saturated heterocycles. The van der Waals surface area contributed by atoms with E-state index in [2.05, 4.69) is 34.8 Å². The van der Waals surface area contributed by atoms with Gasteiger partial charge in [-0.3, -0.25) is 4.79 Å². The summed E-state index contributed by atoms with van der Waals surface area (Å²) in [6.07, 6.45) is 2.22. The number of halogens is 2. The second-order valence-electron chi connectivity index (χ2n) is 5.53. The number of pyridine rings is 1.